The SMILES string of the molecule is Cc1ccc(-c2c(-c3ccccc3)ccnc2CO)c(C)c1. The summed E-state index contributed by atoms with van der Waals surface area (Å²) in [5.74, 6) is 0. The molecule has 0 aliphatic rings. The molecule has 0 atom stereocenters. The molecule has 0 bridgehead atoms. The van der Waals surface area contributed by atoms with Gasteiger partial charge in [0.2, 0.25) is 0 Å². The molecule has 0 amide bonds. The van der Waals surface area contributed by atoms with Crippen molar-refractivity contribution in [2.45, 2.75) is 20.5 Å². The van der Waals surface area contributed by atoms with Gasteiger partial charge in [-0.3, -0.25) is 4.98 Å². The summed E-state index contributed by atoms with van der Waals surface area (Å²) in [6.45, 7) is 4.12. The van der Waals surface area contributed by atoms with Crippen LogP contribution in [0.25, 0.3) is 22.3 Å². The highest BCUT2D eigenvalue weighted by molar-refractivity contribution is 5.86. The second kappa shape index (κ2) is 6.12. The van der Waals surface area contributed by atoms with Gasteiger partial charge in [-0.15, -0.1) is 0 Å². The molecule has 22 heavy (non-hydrogen) atoms. The van der Waals surface area contributed by atoms with E-state index in [1.54, 1.807) is 6.20 Å². The Kier molecular flexibility index (Phi) is 4.03. The van der Waals surface area contributed by atoms with Crippen molar-refractivity contribution in [2.75, 3.05) is 0 Å². The first-order chi connectivity index (χ1) is 10.7. The molecule has 2 heteroatoms. The third-order valence-corrected chi connectivity index (χ3v) is 3.92. The number of aliphatic hydroxyl groups excluding tert-OH is 1. The Balaban J connectivity index is 2.29. The topological polar surface area (TPSA) is 33.1 Å². The molecule has 2 nitrogen and oxygen atoms in total. The molecule has 0 fully saturated rings. The van der Waals surface area contributed by atoms with E-state index in [1.165, 1.54) is 11.1 Å². The quantitative estimate of drug-likeness (QED) is 0.768. The summed E-state index contributed by atoms with van der Waals surface area (Å²) in [5.41, 5.74) is 7.53. The minimum Gasteiger partial charge on any atom is -0.390 e. The van der Waals surface area contributed by atoms with E-state index in [2.05, 4.69) is 49.2 Å². The molecule has 2 aromatic carbocycles. The lowest BCUT2D eigenvalue weighted by Gasteiger charge is -2.16. The van der Waals surface area contributed by atoms with Gasteiger partial charge >= 0.3 is 0 Å². The van der Waals surface area contributed by atoms with Gasteiger partial charge in [0.15, 0.2) is 0 Å². The number of aromatic nitrogens is 1. The van der Waals surface area contributed by atoms with E-state index < -0.39 is 0 Å². The highest BCUT2D eigenvalue weighted by Gasteiger charge is 2.14. The molecule has 0 saturated heterocycles. The second-order valence-corrected chi connectivity index (χ2v) is 5.52. The van der Waals surface area contributed by atoms with Crippen molar-refractivity contribution in [3.05, 3.63) is 77.6 Å². The van der Waals surface area contributed by atoms with Crippen molar-refractivity contribution in [3.63, 3.8) is 0 Å². The zero-order valence-corrected chi connectivity index (χ0v) is 12.9. The molecule has 0 aliphatic heterocycles. The number of nitrogens with zero attached hydrogens (tertiary/aromatic N) is 1. The fraction of sp³-hybridized carbons (Fsp3) is 0.150. The van der Waals surface area contributed by atoms with Crippen LogP contribution in [0.1, 0.15) is 16.8 Å². The largest absolute Gasteiger partial charge is 0.390 e. The minimum atomic E-state index is -0.0661. The van der Waals surface area contributed by atoms with Crippen molar-refractivity contribution in [1.82, 2.24) is 4.98 Å². The molecule has 1 aromatic heterocycles. The van der Waals surface area contributed by atoms with Crippen molar-refractivity contribution in [2.24, 2.45) is 0 Å². The zero-order valence-electron chi connectivity index (χ0n) is 12.9. The third kappa shape index (κ3) is 2.66. The van der Waals surface area contributed by atoms with Crippen LogP contribution in [0.2, 0.25) is 0 Å². The van der Waals surface area contributed by atoms with Crippen LogP contribution in [0.3, 0.4) is 0 Å². The van der Waals surface area contributed by atoms with Gasteiger partial charge in [0.1, 0.15) is 0 Å². The fourth-order valence-electron chi connectivity index (χ4n) is 2.88. The lowest BCUT2D eigenvalue weighted by Crippen LogP contribution is -1.98. The lowest BCUT2D eigenvalue weighted by molar-refractivity contribution is 0.277. The van der Waals surface area contributed by atoms with Gasteiger partial charge in [-0.1, -0.05) is 54.1 Å². The van der Waals surface area contributed by atoms with E-state index in [-0.39, 0.29) is 6.61 Å². The molecule has 1 N–H and O–H groups in total. The van der Waals surface area contributed by atoms with E-state index in [4.69, 9.17) is 0 Å². The molecule has 3 aromatic rings. The monoisotopic (exact) mass is 289 g/mol. The number of aryl methyl sites for hydroxylation is 2. The predicted octanol–water partition coefficient (Wildman–Crippen LogP) is 4.52. The van der Waals surface area contributed by atoms with E-state index in [1.807, 2.05) is 24.3 Å². The van der Waals surface area contributed by atoms with Gasteiger partial charge in [0.25, 0.3) is 0 Å². The van der Waals surface area contributed by atoms with Crippen LogP contribution in [0.15, 0.2) is 60.8 Å². The molecule has 0 radical (unpaired) electrons. The number of aliphatic hydroxyl groups is 1. The maximum absolute atomic E-state index is 9.73. The van der Waals surface area contributed by atoms with Crippen LogP contribution in [0, 0.1) is 13.8 Å². The maximum Gasteiger partial charge on any atom is 0.0859 e. The normalized spacial score (nSPS) is 10.7. The summed E-state index contributed by atoms with van der Waals surface area (Å²) in [6, 6.07) is 18.6. The van der Waals surface area contributed by atoms with Gasteiger partial charge in [-0.2, -0.15) is 0 Å². The summed E-state index contributed by atoms with van der Waals surface area (Å²) in [4.78, 5) is 4.37. The van der Waals surface area contributed by atoms with Crippen LogP contribution in [0.5, 0.6) is 0 Å². The summed E-state index contributed by atoms with van der Waals surface area (Å²) in [7, 11) is 0. The zero-order chi connectivity index (χ0) is 15.5. The molecule has 0 spiro atoms. The van der Waals surface area contributed by atoms with Crippen LogP contribution in [0.4, 0.5) is 0 Å². The van der Waals surface area contributed by atoms with Crippen molar-refractivity contribution in [3.8, 4) is 22.3 Å². The van der Waals surface area contributed by atoms with E-state index in [0.29, 0.717) is 5.69 Å². The molecular weight excluding hydrogens is 270 g/mol. The van der Waals surface area contributed by atoms with E-state index in [0.717, 1.165) is 22.3 Å². The molecule has 0 aliphatic carbocycles. The van der Waals surface area contributed by atoms with Gasteiger partial charge in [0, 0.05) is 11.8 Å². The summed E-state index contributed by atoms with van der Waals surface area (Å²) < 4.78 is 0. The van der Waals surface area contributed by atoms with Gasteiger partial charge < -0.3 is 5.11 Å². The molecular formula is C20H19NO. The van der Waals surface area contributed by atoms with Crippen molar-refractivity contribution >= 4 is 0 Å². The second-order valence-electron chi connectivity index (χ2n) is 5.52. The van der Waals surface area contributed by atoms with Crippen LogP contribution < -0.4 is 0 Å². The van der Waals surface area contributed by atoms with Crippen LogP contribution in [-0.2, 0) is 6.61 Å². The van der Waals surface area contributed by atoms with Crippen LogP contribution in [-0.4, -0.2) is 10.1 Å². The van der Waals surface area contributed by atoms with Gasteiger partial charge in [0.05, 0.1) is 12.3 Å². The Hall–Kier alpha value is -2.45. The smallest absolute Gasteiger partial charge is 0.0859 e. The predicted molar refractivity (Wildman–Crippen MR) is 90.5 cm³/mol. The first kappa shape index (κ1) is 14.5. The summed E-state index contributed by atoms with van der Waals surface area (Å²) >= 11 is 0. The van der Waals surface area contributed by atoms with Crippen LogP contribution >= 0.6 is 0 Å². The fourth-order valence-corrected chi connectivity index (χ4v) is 2.88. The molecule has 0 saturated carbocycles. The minimum absolute atomic E-state index is 0.0661. The molecule has 1 heterocycles. The molecule has 3 rings (SSSR count). The first-order valence-electron chi connectivity index (χ1n) is 7.42. The Morgan fingerprint density at radius 1 is 0.909 bits per heavy atom. The highest BCUT2D eigenvalue weighted by Crippen LogP contribution is 2.36. The average Bonchev–Trinajstić information content (AvgIpc) is 2.55. The first-order valence-corrected chi connectivity index (χ1v) is 7.42. The van der Waals surface area contributed by atoms with Gasteiger partial charge in [-0.25, -0.2) is 0 Å². The number of hydrogen-bond acceptors (Lipinski definition) is 2. The lowest BCUT2D eigenvalue weighted by atomic mass is 9.90. The number of rotatable bonds is 3. The van der Waals surface area contributed by atoms with E-state index in [9.17, 15) is 5.11 Å². The van der Waals surface area contributed by atoms with Crippen molar-refractivity contribution < 1.29 is 5.11 Å². The molecule has 0 unspecified atom stereocenters. The Labute approximate surface area is 131 Å². The van der Waals surface area contributed by atoms with Crippen molar-refractivity contribution in [1.29, 1.82) is 0 Å². The standard InChI is InChI=1S/C20H19NO/c1-14-8-9-17(15(2)12-14)20-18(10-11-21-19(20)13-22)16-6-4-3-5-7-16/h3-12,22H,13H2,1-2H3. The van der Waals surface area contributed by atoms with Gasteiger partial charge in [-0.05, 0) is 42.2 Å². The maximum atomic E-state index is 9.73. The highest BCUT2D eigenvalue weighted by atomic mass is 16.3. The number of benzene rings is 2. The number of pyridine rings is 1. The average molecular weight is 289 g/mol. The Morgan fingerprint density at radius 2 is 1.68 bits per heavy atom. The Bertz CT molecular complexity index is 794. The molecule has 110 valence electrons. The Morgan fingerprint density at radius 3 is 2.36 bits per heavy atom. The summed E-state index contributed by atoms with van der Waals surface area (Å²) in [5, 5.41) is 9.73. The van der Waals surface area contributed by atoms with E-state index >= 15 is 0 Å². The number of hydrogen-bond donors (Lipinski definition) is 1. The third-order valence-electron chi connectivity index (χ3n) is 3.92. The summed E-state index contributed by atoms with van der Waals surface area (Å²) in [6.07, 6.45) is 1.76.